The van der Waals surface area contributed by atoms with Gasteiger partial charge in [-0.25, -0.2) is 4.79 Å². The van der Waals surface area contributed by atoms with Gasteiger partial charge in [-0.3, -0.25) is 9.88 Å². The molecular weight excluding hydrogens is 500 g/mol. The molecule has 0 atom stereocenters. The van der Waals surface area contributed by atoms with Crippen molar-refractivity contribution in [3.8, 4) is 28.4 Å². The van der Waals surface area contributed by atoms with Crippen LogP contribution in [0.25, 0.3) is 11.1 Å². The topological polar surface area (TPSA) is 104 Å². The van der Waals surface area contributed by atoms with Gasteiger partial charge in [-0.2, -0.15) is 9.59 Å². The lowest BCUT2D eigenvalue weighted by molar-refractivity contribution is -0.191. The van der Waals surface area contributed by atoms with Gasteiger partial charge in [0.1, 0.15) is 24.6 Å². The van der Waals surface area contributed by atoms with Gasteiger partial charge in [0.15, 0.2) is 11.5 Å². The number of methoxy groups -OCH3 is 1. The zero-order chi connectivity index (χ0) is 28.7. The molecule has 1 amide bonds. The number of anilines is 1. The van der Waals surface area contributed by atoms with Crippen LogP contribution in [0.15, 0.2) is 42.6 Å². The Hall–Kier alpha value is -4.36. The lowest BCUT2D eigenvalue weighted by atomic mass is 9.98. The summed E-state index contributed by atoms with van der Waals surface area (Å²) in [5.41, 5.74) is 5.46. The van der Waals surface area contributed by atoms with Crippen molar-refractivity contribution in [1.82, 2.24) is 4.98 Å². The minimum atomic E-state index is -0.671. The molecule has 0 radical (unpaired) electrons. The van der Waals surface area contributed by atoms with Crippen LogP contribution in [0, 0.1) is 20.8 Å². The van der Waals surface area contributed by atoms with Crippen LogP contribution in [-0.4, -0.2) is 43.2 Å². The number of carbonyl (C=O) groups excluding carboxylic acids is 3. The molecule has 3 aromatic rings. The predicted molar refractivity (Wildman–Crippen MR) is 145 cm³/mol. The molecule has 9 heteroatoms. The van der Waals surface area contributed by atoms with E-state index >= 15 is 0 Å². The summed E-state index contributed by atoms with van der Waals surface area (Å²) in [4.78, 5) is 36.0. The van der Waals surface area contributed by atoms with E-state index in [1.165, 1.54) is 0 Å². The molecule has 2 heterocycles. The number of carbonyl (C=O) groups is 1. The van der Waals surface area contributed by atoms with E-state index in [1.807, 2.05) is 65.0 Å². The number of aromatic nitrogens is 1. The zero-order valence-electron chi connectivity index (χ0n) is 23.4. The van der Waals surface area contributed by atoms with Crippen LogP contribution < -0.4 is 19.1 Å². The van der Waals surface area contributed by atoms with Crippen molar-refractivity contribution in [2.75, 3.05) is 25.2 Å². The molecular formula is C30H34N2O7. The van der Waals surface area contributed by atoms with Crippen LogP contribution in [0.5, 0.6) is 17.2 Å². The van der Waals surface area contributed by atoms with E-state index in [1.54, 1.807) is 18.2 Å². The summed E-state index contributed by atoms with van der Waals surface area (Å²) < 4.78 is 23.4. The lowest BCUT2D eigenvalue weighted by Crippen LogP contribution is -2.37. The highest BCUT2D eigenvalue weighted by Crippen LogP contribution is 2.45. The Kier molecular flexibility index (Phi) is 9.33. The number of pyridine rings is 1. The van der Waals surface area contributed by atoms with Gasteiger partial charge in [-0.05, 0) is 58.7 Å². The quantitative estimate of drug-likeness (QED) is 0.404. The van der Waals surface area contributed by atoms with Crippen molar-refractivity contribution in [3.05, 3.63) is 65.0 Å². The molecule has 0 fully saturated rings. The van der Waals surface area contributed by atoms with E-state index in [0.29, 0.717) is 30.4 Å². The summed E-state index contributed by atoms with van der Waals surface area (Å²) in [6.45, 7) is 12.6. The molecule has 1 aliphatic heterocycles. The Morgan fingerprint density at radius 1 is 1.03 bits per heavy atom. The van der Waals surface area contributed by atoms with Crippen molar-refractivity contribution < 1.29 is 33.3 Å². The molecule has 0 saturated carbocycles. The molecule has 0 spiro atoms. The predicted octanol–water partition coefficient (Wildman–Crippen LogP) is 5.81. The van der Waals surface area contributed by atoms with E-state index in [0.717, 1.165) is 39.3 Å². The summed E-state index contributed by atoms with van der Waals surface area (Å²) in [6.07, 6.45) is 1.53. The third kappa shape index (κ3) is 6.94. The van der Waals surface area contributed by atoms with Crippen LogP contribution >= 0.6 is 0 Å². The SMILES string of the molecule is COc1c(C)cnc(CN(C(=O)OC(C)(C)C)c2cc3c(c(-c4ccccc4C)c2)OCCO3)c1C.O=C=O. The van der Waals surface area contributed by atoms with Gasteiger partial charge in [0.25, 0.3) is 0 Å². The molecule has 0 aliphatic carbocycles. The second-order valence-corrected chi connectivity index (χ2v) is 10.0. The van der Waals surface area contributed by atoms with Gasteiger partial charge < -0.3 is 18.9 Å². The second kappa shape index (κ2) is 12.5. The Bertz CT molecular complexity index is 1370. The third-order valence-electron chi connectivity index (χ3n) is 6.05. The number of rotatable bonds is 5. The number of hydrogen-bond donors (Lipinski definition) is 0. The average molecular weight is 535 g/mol. The maximum absolute atomic E-state index is 13.6. The fourth-order valence-corrected chi connectivity index (χ4v) is 4.33. The Morgan fingerprint density at radius 2 is 1.69 bits per heavy atom. The van der Waals surface area contributed by atoms with Crippen LogP contribution in [0.4, 0.5) is 10.5 Å². The Labute approximate surface area is 228 Å². The second-order valence-electron chi connectivity index (χ2n) is 10.0. The number of hydrogen-bond acceptors (Lipinski definition) is 8. The summed E-state index contributed by atoms with van der Waals surface area (Å²) in [5, 5.41) is 0. The molecule has 2 aromatic carbocycles. The number of fused-ring (bicyclic) bond motifs is 1. The number of aryl methyl sites for hydroxylation is 2. The molecule has 0 N–H and O–H groups in total. The highest BCUT2D eigenvalue weighted by atomic mass is 16.6. The van der Waals surface area contributed by atoms with Gasteiger partial charge >= 0.3 is 12.2 Å². The summed E-state index contributed by atoms with van der Waals surface area (Å²) in [7, 11) is 1.64. The smallest absolute Gasteiger partial charge is 0.415 e. The number of nitrogens with zero attached hydrogens (tertiary/aromatic N) is 2. The summed E-state index contributed by atoms with van der Waals surface area (Å²) >= 11 is 0. The number of amides is 1. The minimum absolute atomic E-state index is 0.199. The maximum Gasteiger partial charge on any atom is 0.415 e. The maximum atomic E-state index is 13.6. The molecule has 1 aromatic heterocycles. The largest absolute Gasteiger partial charge is 0.496 e. The first-order valence-electron chi connectivity index (χ1n) is 12.5. The minimum Gasteiger partial charge on any atom is -0.496 e. The fourth-order valence-electron chi connectivity index (χ4n) is 4.33. The van der Waals surface area contributed by atoms with Crippen LogP contribution in [0.3, 0.4) is 0 Å². The number of ether oxygens (including phenoxy) is 4. The fraction of sp³-hybridized carbons (Fsp3) is 0.367. The third-order valence-corrected chi connectivity index (χ3v) is 6.05. The average Bonchev–Trinajstić information content (AvgIpc) is 2.88. The van der Waals surface area contributed by atoms with Crippen LogP contribution in [0.1, 0.15) is 43.2 Å². The monoisotopic (exact) mass is 534 g/mol. The molecule has 4 rings (SSSR count). The molecule has 0 unspecified atom stereocenters. The Morgan fingerprint density at radius 3 is 2.33 bits per heavy atom. The van der Waals surface area contributed by atoms with E-state index in [9.17, 15) is 4.79 Å². The highest BCUT2D eigenvalue weighted by Gasteiger charge is 2.28. The first-order valence-corrected chi connectivity index (χ1v) is 12.5. The molecule has 39 heavy (non-hydrogen) atoms. The molecule has 9 nitrogen and oxygen atoms in total. The molecule has 1 aliphatic rings. The van der Waals surface area contributed by atoms with E-state index in [2.05, 4.69) is 18.0 Å². The first kappa shape index (κ1) is 29.2. The lowest BCUT2D eigenvalue weighted by Gasteiger charge is -2.30. The Balaban J connectivity index is 0.00000134. The van der Waals surface area contributed by atoms with Crippen LogP contribution in [-0.2, 0) is 20.9 Å². The van der Waals surface area contributed by atoms with Gasteiger partial charge in [0.2, 0.25) is 0 Å². The standard InChI is InChI=1S/C29H34N2O5.CO2/c1-18-10-8-9-11-22(18)23-14-21(15-25-27(23)35-13-12-34-25)31(28(32)36-29(4,5)6)17-24-20(3)26(33-7)19(2)16-30-24;2-1-3/h8-11,14-16H,12-13,17H2,1-7H3;. The first-order chi connectivity index (χ1) is 18.5. The van der Waals surface area contributed by atoms with Crippen molar-refractivity contribution in [2.24, 2.45) is 0 Å². The van der Waals surface area contributed by atoms with E-state index in [-0.39, 0.29) is 12.7 Å². The summed E-state index contributed by atoms with van der Waals surface area (Å²) in [6, 6.07) is 11.9. The van der Waals surface area contributed by atoms with Gasteiger partial charge in [0, 0.05) is 29.0 Å². The van der Waals surface area contributed by atoms with Gasteiger partial charge in [0.05, 0.1) is 25.0 Å². The molecule has 206 valence electrons. The summed E-state index contributed by atoms with van der Waals surface area (Å²) in [5.74, 6) is 2.03. The van der Waals surface area contributed by atoms with Crippen molar-refractivity contribution >= 4 is 17.9 Å². The van der Waals surface area contributed by atoms with Crippen molar-refractivity contribution in [2.45, 2.75) is 53.7 Å². The zero-order valence-corrected chi connectivity index (χ0v) is 23.4. The van der Waals surface area contributed by atoms with Gasteiger partial charge in [-0.1, -0.05) is 24.3 Å². The van der Waals surface area contributed by atoms with E-state index in [4.69, 9.17) is 28.5 Å². The normalized spacial score (nSPS) is 12.0. The van der Waals surface area contributed by atoms with Crippen molar-refractivity contribution in [1.29, 1.82) is 0 Å². The highest BCUT2D eigenvalue weighted by molar-refractivity contribution is 5.91. The van der Waals surface area contributed by atoms with Crippen molar-refractivity contribution in [3.63, 3.8) is 0 Å². The molecule has 0 bridgehead atoms. The number of benzene rings is 2. The van der Waals surface area contributed by atoms with E-state index < -0.39 is 11.7 Å². The van der Waals surface area contributed by atoms with Crippen LogP contribution in [0.2, 0.25) is 0 Å². The van der Waals surface area contributed by atoms with Gasteiger partial charge in [-0.15, -0.1) is 0 Å². The molecule has 0 saturated heterocycles.